The smallest absolute Gasteiger partial charge is 0.237 e. The molecule has 0 saturated carbocycles. The number of rotatable bonds is 5. The summed E-state index contributed by atoms with van der Waals surface area (Å²) in [5.41, 5.74) is 3.59. The van der Waals surface area contributed by atoms with Crippen LogP contribution in [0.1, 0.15) is 30.1 Å². The Balaban J connectivity index is 2.73. The Kier molecular flexibility index (Phi) is 5.08. The van der Waals surface area contributed by atoms with Crippen molar-refractivity contribution in [3.05, 3.63) is 29.8 Å². The zero-order valence-electron chi connectivity index (χ0n) is 9.97. The van der Waals surface area contributed by atoms with E-state index in [1.807, 2.05) is 6.92 Å². The van der Waals surface area contributed by atoms with Gasteiger partial charge in [-0.25, -0.2) is 0 Å². The summed E-state index contributed by atoms with van der Waals surface area (Å²) in [7, 11) is 0. The Morgan fingerprint density at radius 2 is 1.89 bits per heavy atom. The normalized spacial score (nSPS) is 8.83. The van der Waals surface area contributed by atoms with Gasteiger partial charge in [-0.3, -0.25) is 10.2 Å². The molecule has 0 aliphatic rings. The number of hydrazone groups is 1. The predicted molar refractivity (Wildman–Crippen MR) is 68.0 cm³/mol. The van der Waals surface area contributed by atoms with E-state index in [0.29, 0.717) is 17.7 Å². The monoisotopic (exact) mass is 240 g/mol. The van der Waals surface area contributed by atoms with E-state index in [9.17, 15) is 4.79 Å². The first-order valence-electron chi connectivity index (χ1n) is 5.48. The van der Waals surface area contributed by atoms with Gasteiger partial charge in [0.15, 0.2) is 5.78 Å². The number of nitriles is 2. The summed E-state index contributed by atoms with van der Waals surface area (Å²) >= 11 is 0. The van der Waals surface area contributed by atoms with Gasteiger partial charge in [-0.05, 0) is 30.7 Å². The summed E-state index contributed by atoms with van der Waals surface area (Å²) < 4.78 is 0. The van der Waals surface area contributed by atoms with Gasteiger partial charge in [0.2, 0.25) is 5.71 Å². The van der Waals surface area contributed by atoms with Crippen molar-refractivity contribution < 1.29 is 4.79 Å². The van der Waals surface area contributed by atoms with Crippen molar-refractivity contribution in [3.8, 4) is 12.1 Å². The lowest BCUT2D eigenvalue weighted by molar-refractivity contribution is 0.0982. The molecule has 5 heteroatoms. The first kappa shape index (κ1) is 13.4. The highest BCUT2D eigenvalue weighted by atomic mass is 16.1. The molecule has 18 heavy (non-hydrogen) atoms. The van der Waals surface area contributed by atoms with Gasteiger partial charge in [0.25, 0.3) is 0 Å². The second kappa shape index (κ2) is 6.82. The van der Waals surface area contributed by atoms with E-state index in [1.165, 1.54) is 0 Å². The number of carbonyl (C=O) groups excluding carboxylic acids is 1. The topological polar surface area (TPSA) is 89.0 Å². The fourth-order valence-electron chi connectivity index (χ4n) is 1.30. The minimum atomic E-state index is -0.249. The van der Waals surface area contributed by atoms with E-state index in [1.54, 1.807) is 36.4 Å². The number of benzene rings is 1. The summed E-state index contributed by atoms with van der Waals surface area (Å²) in [4.78, 5) is 11.6. The van der Waals surface area contributed by atoms with Crippen molar-refractivity contribution >= 4 is 17.2 Å². The van der Waals surface area contributed by atoms with Gasteiger partial charge in [0.05, 0.1) is 5.69 Å². The van der Waals surface area contributed by atoms with Gasteiger partial charge in [-0.1, -0.05) is 6.92 Å². The maximum absolute atomic E-state index is 11.6. The quantitative estimate of drug-likeness (QED) is 0.486. The van der Waals surface area contributed by atoms with Crippen molar-refractivity contribution in [1.82, 2.24) is 0 Å². The van der Waals surface area contributed by atoms with Gasteiger partial charge in [0, 0.05) is 12.0 Å². The average molecular weight is 240 g/mol. The fraction of sp³-hybridized carbons (Fsp3) is 0.231. The third-order valence-corrected chi connectivity index (χ3v) is 2.19. The number of Topliss-reactive ketones (excluding diaryl/α,β-unsaturated/α-hetero) is 1. The molecule has 0 bridgehead atoms. The van der Waals surface area contributed by atoms with Crippen LogP contribution in [0.15, 0.2) is 29.4 Å². The van der Waals surface area contributed by atoms with E-state index in [0.717, 1.165) is 6.42 Å². The second-order valence-corrected chi connectivity index (χ2v) is 3.55. The molecule has 0 radical (unpaired) electrons. The molecule has 0 aliphatic carbocycles. The molecule has 5 nitrogen and oxygen atoms in total. The number of anilines is 1. The van der Waals surface area contributed by atoms with E-state index >= 15 is 0 Å². The lowest BCUT2D eigenvalue weighted by Gasteiger charge is -2.02. The van der Waals surface area contributed by atoms with Crippen LogP contribution in [0.4, 0.5) is 5.69 Å². The van der Waals surface area contributed by atoms with Gasteiger partial charge < -0.3 is 0 Å². The lowest BCUT2D eigenvalue weighted by atomic mass is 10.1. The molecule has 0 saturated heterocycles. The Bertz CT molecular complexity index is 516. The van der Waals surface area contributed by atoms with Gasteiger partial charge in [-0.15, -0.1) is 0 Å². The molecule has 0 aromatic heterocycles. The lowest BCUT2D eigenvalue weighted by Crippen LogP contribution is -1.99. The van der Waals surface area contributed by atoms with Crippen LogP contribution in [0.3, 0.4) is 0 Å². The average Bonchev–Trinajstić information content (AvgIpc) is 2.41. The first-order valence-corrected chi connectivity index (χ1v) is 5.48. The molecule has 1 rings (SSSR count). The third kappa shape index (κ3) is 3.73. The van der Waals surface area contributed by atoms with Crippen LogP contribution >= 0.6 is 0 Å². The Hall–Kier alpha value is -2.66. The molecule has 1 N–H and O–H groups in total. The molecule has 0 atom stereocenters. The molecule has 90 valence electrons. The first-order chi connectivity index (χ1) is 8.71. The Morgan fingerprint density at radius 3 is 2.39 bits per heavy atom. The van der Waals surface area contributed by atoms with Gasteiger partial charge >= 0.3 is 0 Å². The van der Waals surface area contributed by atoms with Crippen molar-refractivity contribution in [2.75, 3.05) is 5.43 Å². The maximum Gasteiger partial charge on any atom is 0.237 e. The zero-order chi connectivity index (χ0) is 13.4. The van der Waals surface area contributed by atoms with Gasteiger partial charge in [0.1, 0.15) is 12.1 Å². The molecule has 0 unspecified atom stereocenters. The van der Waals surface area contributed by atoms with Crippen LogP contribution in [-0.4, -0.2) is 11.5 Å². The number of ketones is 1. The van der Waals surface area contributed by atoms with Crippen LogP contribution in [0.25, 0.3) is 0 Å². The standard InChI is InChI=1S/C13H12N4O/c1-2-3-13(18)10-4-6-11(7-5-10)16-17-12(8-14)9-15/h4-7,16H,2-3H2,1H3. The van der Waals surface area contributed by atoms with Crippen molar-refractivity contribution in [1.29, 1.82) is 10.5 Å². The number of nitrogens with one attached hydrogen (secondary N) is 1. The zero-order valence-corrected chi connectivity index (χ0v) is 9.97. The summed E-state index contributed by atoms with van der Waals surface area (Å²) in [6.07, 6.45) is 1.34. The molecular formula is C13H12N4O. The predicted octanol–water partition coefficient (Wildman–Crippen LogP) is 2.48. The van der Waals surface area contributed by atoms with Gasteiger partial charge in [-0.2, -0.15) is 15.6 Å². The van der Waals surface area contributed by atoms with Crippen LogP contribution in [-0.2, 0) is 0 Å². The molecule has 1 aromatic rings. The largest absolute Gasteiger partial charge is 0.294 e. The SMILES string of the molecule is CCCC(=O)c1ccc(NN=C(C#N)C#N)cc1. The van der Waals surface area contributed by atoms with E-state index in [-0.39, 0.29) is 11.5 Å². The molecule has 0 spiro atoms. The van der Waals surface area contributed by atoms with Crippen LogP contribution in [0, 0.1) is 22.7 Å². The Morgan fingerprint density at radius 1 is 1.28 bits per heavy atom. The molecule has 0 fully saturated rings. The van der Waals surface area contributed by atoms with Crippen molar-refractivity contribution in [2.24, 2.45) is 5.10 Å². The van der Waals surface area contributed by atoms with Crippen LogP contribution < -0.4 is 5.43 Å². The second-order valence-electron chi connectivity index (χ2n) is 3.55. The van der Waals surface area contributed by atoms with Crippen LogP contribution in [0.5, 0.6) is 0 Å². The molecule has 0 heterocycles. The highest BCUT2D eigenvalue weighted by molar-refractivity contribution is 6.10. The highest BCUT2D eigenvalue weighted by Gasteiger charge is 2.03. The van der Waals surface area contributed by atoms with E-state index in [2.05, 4.69) is 10.5 Å². The summed E-state index contributed by atoms with van der Waals surface area (Å²) in [6.45, 7) is 1.95. The minimum Gasteiger partial charge on any atom is -0.294 e. The number of carbonyl (C=O) groups is 1. The van der Waals surface area contributed by atoms with Crippen molar-refractivity contribution in [3.63, 3.8) is 0 Å². The third-order valence-electron chi connectivity index (χ3n) is 2.19. The highest BCUT2D eigenvalue weighted by Crippen LogP contribution is 2.11. The van der Waals surface area contributed by atoms with Crippen molar-refractivity contribution in [2.45, 2.75) is 19.8 Å². The maximum atomic E-state index is 11.6. The summed E-state index contributed by atoms with van der Waals surface area (Å²) in [5, 5.41) is 20.6. The summed E-state index contributed by atoms with van der Waals surface area (Å²) in [5.74, 6) is 0.0993. The summed E-state index contributed by atoms with van der Waals surface area (Å²) in [6, 6.07) is 10.0. The number of hydrogen-bond donors (Lipinski definition) is 1. The van der Waals surface area contributed by atoms with Crippen LogP contribution in [0.2, 0.25) is 0 Å². The number of nitrogens with zero attached hydrogens (tertiary/aromatic N) is 3. The Labute approximate surface area is 105 Å². The van der Waals surface area contributed by atoms with E-state index < -0.39 is 0 Å². The minimum absolute atomic E-state index is 0.0993. The molecule has 1 aromatic carbocycles. The fourth-order valence-corrected chi connectivity index (χ4v) is 1.30. The molecule has 0 aliphatic heterocycles. The molecular weight excluding hydrogens is 228 g/mol. The van der Waals surface area contributed by atoms with E-state index in [4.69, 9.17) is 10.5 Å². The number of hydrogen-bond acceptors (Lipinski definition) is 5. The molecule has 0 amide bonds.